The molecule has 260 valence electrons. The van der Waals surface area contributed by atoms with Crippen LogP contribution < -0.4 is 4.90 Å². The molecule has 9 aromatic carbocycles. The van der Waals surface area contributed by atoms with Crippen molar-refractivity contribution in [2.45, 2.75) is 19.3 Å². The van der Waals surface area contributed by atoms with Crippen molar-refractivity contribution in [3.8, 4) is 33.4 Å². The topological polar surface area (TPSA) is 16.4 Å². The fourth-order valence-electron chi connectivity index (χ4n) is 8.89. The minimum Gasteiger partial charge on any atom is -0.453 e. The molecule has 1 heterocycles. The molecule has 0 fully saturated rings. The van der Waals surface area contributed by atoms with Gasteiger partial charge in [-0.15, -0.1) is 0 Å². The van der Waals surface area contributed by atoms with Crippen molar-refractivity contribution < 1.29 is 11.3 Å². The van der Waals surface area contributed by atoms with Crippen molar-refractivity contribution in [1.82, 2.24) is 0 Å². The smallest absolute Gasteiger partial charge is 0.159 e. The quantitative estimate of drug-likeness (QED) is 0.166. The standard InChI is InChI=1S/C53H37NO/c1-53(2)47-24-14-13-21-42(47)43-30-29-39(33-48(43)53)54(38-27-25-36(26-28-38)34-15-5-3-6-16-34)49-32-37(35-17-7-4-8-18-35)31-46-50-44-22-11-9-19-40(44)41-20-10-12-23-45(41)52(50)55-51(46)49/h3-33H,1-2H3/i4D,7D,8D,17D,18D. The van der Waals surface area contributed by atoms with Crippen molar-refractivity contribution in [1.29, 1.82) is 0 Å². The highest BCUT2D eigenvalue weighted by molar-refractivity contribution is 6.31. The Hall–Kier alpha value is -6.90. The van der Waals surface area contributed by atoms with Gasteiger partial charge in [0.05, 0.1) is 12.5 Å². The zero-order valence-corrected chi connectivity index (χ0v) is 30.4. The van der Waals surface area contributed by atoms with E-state index in [0.29, 0.717) is 16.8 Å². The largest absolute Gasteiger partial charge is 0.453 e. The molecular formula is C53H37NO. The summed E-state index contributed by atoms with van der Waals surface area (Å²) in [7, 11) is 0. The van der Waals surface area contributed by atoms with E-state index >= 15 is 0 Å². The van der Waals surface area contributed by atoms with E-state index in [4.69, 9.17) is 11.3 Å². The lowest BCUT2D eigenvalue weighted by Crippen LogP contribution is -2.16. The van der Waals surface area contributed by atoms with E-state index in [-0.39, 0.29) is 35.1 Å². The molecular weight excluding hydrogens is 667 g/mol. The van der Waals surface area contributed by atoms with Gasteiger partial charge in [0, 0.05) is 32.9 Å². The van der Waals surface area contributed by atoms with Crippen LogP contribution in [0.3, 0.4) is 0 Å². The van der Waals surface area contributed by atoms with Crippen molar-refractivity contribution in [3.63, 3.8) is 0 Å². The lowest BCUT2D eigenvalue weighted by atomic mass is 9.82. The Kier molecular flexibility index (Phi) is 5.88. The van der Waals surface area contributed by atoms with Crippen LogP contribution in [0.5, 0.6) is 0 Å². The van der Waals surface area contributed by atoms with Crippen LogP contribution in [0.4, 0.5) is 17.1 Å². The second-order valence-electron chi connectivity index (χ2n) is 14.9. The first kappa shape index (κ1) is 26.8. The predicted molar refractivity (Wildman–Crippen MR) is 232 cm³/mol. The summed E-state index contributed by atoms with van der Waals surface area (Å²) in [5, 5.41) is 5.80. The second-order valence-corrected chi connectivity index (χ2v) is 14.9. The predicted octanol–water partition coefficient (Wildman–Crippen LogP) is 15.0. The molecule has 0 radical (unpaired) electrons. The number of furan rings is 1. The monoisotopic (exact) mass is 708 g/mol. The fraction of sp³-hybridized carbons (Fsp3) is 0.0566. The highest BCUT2D eigenvalue weighted by atomic mass is 16.3. The summed E-state index contributed by atoms with van der Waals surface area (Å²) < 4.78 is 51.2. The molecule has 1 aliphatic carbocycles. The van der Waals surface area contributed by atoms with Gasteiger partial charge < -0.3 is 9.32 Å². The number of anilines is 3. The average molecular weight is 709 g/mol. The Bertz CT molecular complexity index is 3380. The molecule has 0 amide bonds. The minimum absolute atomic E-state index is 0.133. The maximum absolute atomic E-state index is 9.14. The average Bonchev–Trinajstić information content (AvgIpc) is 3.78. The van der Waals surface area contributed by atoms with Gasteiger partial charge in [0.2, 0.25) is 0 Å². The van der Waals surface area contributed by atoms with Gasteiger partial charge in [0.15, 0.2) is 5.58 Å². The third-order valence-corrected chi connectivity index (χ3v) is 11.5. The summed E-state index contributed by atoms with van der Waals surface area (Å²) in [5.41, 5.74) is 11.2. The van der Waals surface area contributed by atoms with Crippen LogP contribution in [0.15, 0.2) is 192 Å². The van der Waals surface area contributed by atoms with Gasteiger partial charge in [-0.25, -0.2) is 0 Å². The van der Waals surface area contributed by atoms with Gasteiger partial charge >= 0.3 is 0 Å². The molecule has 0 spiro atoms. The lowest BCUT2D eigenvalue weighted by molar-refractivity contribution is 0.660. The second kappa shape index (κ2) is 12.1. The first-order chi connectivity index (χ1) is 29.1. The normalized spacial score (nSPS) is 14.3. The fourth-order valence-corrected chi connectivity index (χ4v) is 8.89. The van der Waals surface area contributed by atoms with E-state index < -0.39 is 6.04 Å². The zero-order valence-electron chi connectivity index (χ0n) is 35.4. The van der Waals surface area contributed by atoms with E-state index in [0.717, 1.165) is 60.4 Å². The molecule has 2 heteroatoms. The number of nitrogens with zero attached hydrogens (tertiary/aromatic N) is 1. The van der Waals surface area contributed by atoms with Gasteiger partial charge in [-0.05, 0) is 97.1 Å². The molecule has 0 bridgehead atoms. The van der Waals surface area contributed by atoms with Gasteiger partial charge in [-0.2, -0.15) is 0 Å². The minimum atomic E-state index is -0.428. The van der Waals surface area contributed by atoms with Crippen LogP contribution in [-0.2, 0) is 5.41 Å². The van der Waals surface area contributed by atoms with Gasteiger partial charge in [0.1, 0.15) is 5.58 Å². The zero-order chi connectivity index (χ0) is 41.0. The number of benzene rings is 9. The molecule has 0 saturated carbocycles. The molecule has 10 aromatic rings. The summed E-state index contributed by atoms with van der Waals surface area (Å²) in [4.78, 5) is 2.20. The SMILES string of the molecule is [2H]c1c([2H])c([2H])c(-c2cc(N(c3ccc(-c4ccccc4)cc3)c3ccc4c(c3)C(C)(C)c3ccccc3-4)c3oc4c5ccccc5c5ccccc5c4c3c2)c([2H])c1[2H]. The van der Waals surface area contributed by atoms with Gasteiger partial charge in [-0.3, -0.25) is 0 Å². The molecule has 1 aromatic heterocycles. The Morgan fingerprint density at radius 2 is 1.07 bits per heavy atom. The van der Waals surface area contributed by atoms with Crippen LogP contribution in [0.25, 0.3) is 76.9 Å². The molecule has 55 heavy (non-hydrogen) atoms. The molecule has 2 nitrogen and oxygen atoms in total. The number of fused-ring (bicyclic) bond motifs is 11. The van der Waals surface area contributed by atoms with Crippen LogP contribution in [0, 0.1) is 0 Å². The summed E-state index contributed by atoms with van der Waals surface area (Å²) >= 11 is 0. The Labute approximate surface area is 327 Å². The first-order valence-corrected chi connectivity index (χ1v) is 18.7. The molecule has 0 saturated heterocycles. The number of rotatable bonds is 5. The van der Waals surface area contributed by atoms with E-state index in [1.165, 1.54) is 22.3 Å². The van der Waals surface area contributed by atoms with E-state index in [9.17, 15) is 0 Å². The van der Waals surface area contributed by atoms with Crippen molar-refractivity contribution >= 4 is 60.5 Å². The lowest BCUT2D eigenvalue weighted by Gasteiger charge is -2.28. The maximum atomic E-state index is 9.14. The van der Waals surface area contributed by atoms with E-state index in [1.54, 1.807) is 0 Å². The van der Waals surface area contributed by atoms with Gasteiger partial charge in [-0.1, -0.05) is 165 Å². The molecule has 0 aliphatic heterocycles. The third kappa shape index (κ3) is 4.81. The Morgan fingerprint density at radius 3 is 1.85 bits per heavy atom. The third-order valence-electron chi connectivity index (χ3n) is 11.5. The number of hydrogen-bond acceptors (Lipinski definition) is 2. The first-order valence-electron chi connectivity index (χ1n) is 21.2. The highest BCUT2D eigenvalue weighted by Gasteiger charge is 2.36. The van der Waals surface area contributed by atoms with Crippen LogP contribution in [0.2, 0.25) is 0 Å². The van der Waals surface area contributed by atoms with Crippen LogP contribution in [-0.4, -0.2) is 0 Å². The number of hydrogen-bond donors (Lipinski definition) is 0. The van der Waals surface area contributed by atoms with E-state index in [2.05, 4.69) is 122 Å². The molecule has 0 atom stereocenters. The van der Waals surface area contributed by atoms with Crippen LogP contribution in [0.1, 0.15) is 31.8 Å². The van der Waals surface area contributed by atoms with Crippen molar-refractivity contribution in [2.24, 2.45) is 0 Å². The summed E-state index contributed by atoms with van der Waals surface area (Å²) in [6.07, 6.45) is 0. The van der Waals surface area contributed by atoms with Gasteiger partial charge in [0.25, 0.3) is 0 Å². The molecule has 11 rings (SSSR count). The maximum Gasteiger partial charge on any atom is 0.159 e. The summed E-state index contributed by atoms with van der Waals surface area (Å²) in [6.45, 7) is 4.54. The Balaban J connectivity index is 1.27. The highest BCUT2D eigenvalue weighted by Crippen LogP contribution is 2.52. The van der Waals surface area contributed by atoms with E-state index in [1.807, 2.05) is 54.6 Å². The van der Waals surface area contributed by atoms with Crippen LogP contribution >= 0.6 is 0 Å². The molecule has 1 aliphatic rings. The van der Waals surface area contributed by atoms with Crippen molar-refractivity contribution in [2.75, 3.05) is 4.90 Å². The summed E-state index contributed by atoms with van der Waals surface area (Å²) in [5.74, 6) is 0. The molecule has 0 N–H and O–H groups in total. The Morgan fingerprint density at radius 1 is 0.455 bits per heavy atom. The molecule has 0 unspecified atom stereocenters. The summed E-state index contributed by atoms with van der Waals surface area (Å²) in [6, 6.07) is 52.8. The van der Waals surface area contributed by atoms with Crippen molar-refractivity contribution in [3.05, 3.63) is 199 Å².